The molecular weight excluding hydrogens is 296 g/mol. The molecule has 6 heteroatoms. The summed E-state index contributed by atoms with van der Waals surface area (Å²) in [6.07, 6.45) is 0. The first kappa shape index (κ1) is 16.7. The van der Waals surface area contributed by atoms with Gasteiger partial charge in [0, 0.05) is 40.0 Å². The van der Waals surface area contributed by atoms with Crippen molar-refractivity contribution >= 4 is 28.3 Å². The number of rotatable bonds is 5. The van der Waals surface area contributed by atoms with E-state index in [1.165, 1.54) is 0 Å². The van der Waals surface area contributed by atoms with Crippen molar-refractivity contribution in [3.05, 3.63) is 34.3 Å². The maximum atomic E-state index is 11.9. The second-order valence-corrected chi connectivity index (χ2v) is 6.16. The van der Waals surface area contributed by atoms with E-state index in [9.17, 15) is 9.00 Å². The van der Waals surface area contributed by atoms with Crippen LogP contribution in [0.3, 0.4) is 0 Å². The van der Waals surface area contributed by atoms with E-state index < -0.39 is 10.8 Å². The van der Waals surface area contributed by atoms with Crippen LogP contribution >= 0.6 is 11.6 Å². The Bertz CT molecular complexity index is 564. The van der Waals surface area contributed by atoms with Crippen LogP contribution in [0.25, 0.3) is 0 Å². The molecule has 0 aliphatic carbocycles. The van der Waals surface area contributed by atoms with Crippen LogP contribution in [0, 0.1) is 11.8 Å². The second-order valence-electron chi connectivity index (χ2n) is 3.89. The summed E-state index contributed by atoms with van der Waals surface area (Å²) in [5, 5.41) is 3.12. The molecule has 0 radical (unpaired) electrons. The number of nitrogens with two attached hydrogens (primary N) is 1. The third-order valence-electron chi connectivity index (χ3n) is 2.49. The second kappa shape index (κ2) is 8.75. The molecule has 1 unspecified atom stereocenters. The van der Waals surface area contributed by atoms with Gasteiger partial charge in [0.25, 0.3) is 5.91 Å². The van der Waals surface area contributed by atoms with Gasteiger partial charge < -0.3 is 11.1 Å². The van der Waals surface area contributed by atoms with Gasteiger partial charge in [-0.2, -0.15) is 0 Å². The first-order valence-corrected chi connectivity index (χ1v) is 8.06. The van der Waals surface area contributed by atoms with Crippen LogP contribution < -0.4 is 11.1 Å². The number of hydrogen-bond acceptors (Lipinski definition) is 3. The van der Waals surface area contributed by atoms with Gasteiger partial charge in [-0.3, -0.25) is 9.00 Å². The molecule has 0 fully saturated rings. The minimum absolute atomic E-state index is 0.238. The van der Waals surface area contributed by atoms with Gasteiger partial charge in [-0.1, -0.05) is 30.4 Å². The van der Waals surface area contributed by atoms with Crippen molar-refractivity contribution in [2.75, 3.05) is 24.6 Å². The molecule has 1 aromatic carbocycles. The number of carbonyl (C=O) groups is 1. The molecule has 3 N–H and O–H groups in total. The molecule has 0 aliphatic heterocycles. The molecule has 0 bridgehead atoms. The summed E-state index contributed by atoms with van der Waals surface area (Å²) in [4.78, 5) is 11.9. The van der Waals surface area contributed by atoms with Gasteiger partial charge in [0.1, 0.15) is 0 Å². The highest BCUT2D eigenvalue weighted by atomic mass is 35.5. The number of halogens is 1. The quantitative estimate of drug-likeness (QED) is 0.801. The number of hydrogen-bond donors (Lipinski definition) is 2. The summed E-state index contributed by atoms with van der Waals surface area (Å²) in [7, 11) is -0.883. The predicted octanol–water partition coefficient (Wildman–Crippen LogP) is 1.15. The molecule has 0 spiro atoms. The van der Waals surface area contributed by atoms with Crippen LogP contribution in [0.1, 0.15) is 22.8 Å². The Hall–Kier alpha value is -1.35. The van der Waals surface area contributed by atoms with Crippen molar-refractivity contribution in [3.63, 3.8) is 0 Å². The van der Waals surface area contributed by atoms with Crippen molar-refractivity contribution in [3.8, 4) is 11.8 Å². The highest BCUT2D eigenvalue weighted by Crippen LogP contribution is 2.16. The summed E-state index contributed by atoms with van der Waals surface area (Å²) in [6, 6.07) is 4.90. The Morgan fingerprint density at radius 3 is 2.85 bits per heavy atom. The number of carbonyl (C=O) groups excluding carboxylic acids is 1. The lowest BCUT2D eigenvalue weighted by molar-refractivity contribution is 0.0956. The van der Waals surface area contributed by atoms with Crippen molar-refractivity contribution in [1.82, 2.24) is 5.32 Å². The van der Waals surface area contributed by atoms with E-state index in [2.05, 4.69) is 17.2 Å². The molecule has 1 atom stereocenters. The minimum Gasteiger partial charge on any atom is -0.351 e. The molecule has 0 aromatic heterocycles. The number of benzene rings is 1. The average molecular weight is 313 g/mol. The van der Waals surface area contributed by atoms with Crippen LogP contribution in [0.5, 0.6) is 0 Å². The highest BCUT2D eigenvalue weighted by molar-refractivity contribution is 7.84. The lowest BCUT2D eigenvalue weighted by atomic mass is 10.1. The third kappa shape index (κ3) is 5.33. The van der Waals surface area contributed by atoms with Gasteiger partial charge in [0.15, 0.2) is 0 Å². The lowest BCUT2D eigenvalue weighted by Crippen LogP contribution is -2.28. The highest BCUT2D eigenvalue weighted by Gasteiger charge is 2.08. The molecule has 0 saturated heterocycles. The minimum atomic E-state index is -0.883. The van der Waals surface area contributed by atoms with E-state index >= 15 is 0 Å². The summed E-state index contributed by atoms with van der Waals surface area (Å²) < 4.78 is 11.2. The fraction of sp³-hybridized carbons (Fsp3) is 0.357. The molecule has 1 amide bonds. The van der Waals surface area contributed by atoms with E-state index in [4.69, 9.17) is 17.3 Å². The number of nitrogens with one attached hydrogen (secondary N) is 1. The monoisotopic (exact) mass is 312 g/mol. The fourth-order valence-corrected chi connectivity index (χ4v) is 2.27. The van der Waals surface area contributed by atoms with E-state index in [0.29, 0.717) is 34.2 Å². The van der Waals surface area contributed by atoms with Crippen molar-refractivity contribution in [2.24, 2.45) is 5.73 Å². The zero-order chi connectivity index (χ0) is 15.0. The van der Waals surface area contributed by atoms with Crippen LogP contribution in [0.15, 0.2) is 18.2 Å². The van der Waals surface area contributed by atoms with Crippen LogP contribution in [0.2, 0.25) is 5.02 Å². The molecule has 1 rings (SSSR count). The summed E-state index contributed by atoms with van der Waals surface area (Å²) in [5.74, 6) is 6.34. The maximum absolute atomic E-state index is 11.9. The van der Waals surface area contributed by atoms with Gasteiger partial charge in [-0.15, -0.1) is 0 Å². The van der Waals surface area contributed by atoms with E-state index in [-0.39, 0.29) is 12.5 Å². The average Bonchev–Trinajstić information content (AvgIpc) is 2.45. The fourth-order valence-electron chi connectivity index (χ4n) is 1.43. The molecule has 0 saturated carbocycles. The van der Waals surface area contributed by atoms with Crippen molar-refractivity contribution in [1.29, 1.82) is 0 Å². The van der Waals surface area contributed by atoms with Gasteiger partial charge in [0.05, 0.1) is 11.6 Å². The summed E-state index contributed by atoms with van der Waals surface area (Å²) >= 11 is 6.04. The van der Waals surface area contributed by atoms with Crippen molar-refractivity contribution < 1.29 is 9.00 Å². The summed E-state index contributed by atoms with van der Waals surface area (Å²) in [5.41, 5.74) is 6.38. The van der Waals surface area contributed by atoms with E-state index in [0.717, 1.165) is 0 Å². The SMILES string of the molecule is CCS(=O)CCNC(=O)c1ccc(C#CCN)c(Cl)c1. The van der Waals surface area contributed by atoms with Crippen LogP contribution in [0.4, 0.5) is 0 Å². The Morgan fingerprint density at radius 2 is 2.25 bits per heavy atom. The van der Waals surface area contributed by atoms with Gasteiger partial charge >= 0.3 is 0 Å². The zero-order valence-electron chi connectivity index (χ0n) is 11.2. The van der Waals surface area contributed by atoms with E-state index in [1.54, 1.807) is 18.2 Å². The van der Waals surface area contributed by atoms with Gasteiger partial charge in [-0.05, 0) is 18.2 Å². The molecular formula is C14H17ClN2O2S. The number of amides is 1. The van der Waals surface area contributed by atoms with Gasteiger partial charge in [0.2, 0.25) is 0 Å². The first-order chi connectivity index (χ1) is 9.58. The zero-order valence-corrected chi connectivity index (χ0v) is 12.8. The Balaban J connectivity index is 2.65. The molecule has 4 nitrogen and oxygen atoms in total. The topological polar surface area (TPSA) is 72.2 Å². The lowest BCUT2D eigenvalue weighted by Gasteiger charge is -2.06. The molecule has 0 aliphatic rings. The summed E-state index contributed by atoms with van der Waals surface area (Å²) in [6.45, 7) is 2.48. The maximum Gasteiger partial charge on any atom is 0.251 e. The standard InChI is InChI=1S/C14H17ClN2O2S/c1-2-20(19)9-8-17-14(18)12-6-5-11(4-3-7-16)13(15)10-12/h5-6,10H,2,7-9,16H2,1H3,(H,17,18). The predicted molar refractivity (Wildman–Crippen MR) is 83.3 cm³/mol. The van der Waals surface area contributed by atoms with E-state index in [1.807, 2.05) is 6.92 Å². The first-order valence-electron chi connectivity index (χ1n) is 6.20. The molecule has 0 heterocycles. The van der Waals surface area contributed by atoms with Crippen molar-refractivity contribution in [2.45, 2.75) is 6.92 Å². The van der Waals surface area contributed by atoms with Crippen LogP contribution in [-0.2, 0) is 10.8 Å². The molecule has 108 valence electrons. The Morgan fingerprint density at radius 1 is 1.50 bits per heavy atom. The smallest absolute Gasteiger partial charge is 0.251 e. The Labute approximate surface area is 126 Å². The van der Waals surface area contributed by atoms with Gasteiger partial charge in [-0.25, -0.2) is 0 Å². The van der Waals surface area contributed by atoms with Crippen LogP contribution in [-0.4, -0.2) is 34.7 Å². The third-order valence-corrected chi connectivity index (χ3v) is 4.11. The molecule has 1 aromatic rings. The normalized spacial score (nSPS) is 11.3. The molecule has 20 heavy (non-hydrogen) atoms. The Kier molecular flexibility index (Phi) is 7.31. The largest absolute Gasteiger partial charge is 0.351 e.